The average Bonchev–Trinajstić information content (AvgIpc) is 3.35. The van der Waals surface area contributed by atoms with Gasteiger partial charge in [-0.05, 0) is 60.3 Å². The predicted octanol–water partition coefficient (Wildman–Crippen LogP) is 4.50. The van der Waals surface area contributed by atoms with Crippen LogP contribution in [0.1, 0.15) is 16.1 Å². The highest BCUT2D eigenvalue weighted by atomic mass is 35.5. The molecular formula is C23H16ClN3O5S. The third-order valence-corrected chi connectivity index (χ3v) is 5.99. The summed E-state index contributed by atoms with van der Waals surface area (Å²) >= 11 is 6.76. The molecule has 33 heavy (non-hydrogen) atoms. The highest BCUT2D eigenvalue weighted by Gasteiger charge is 2.36. The Balaban J connectivity index is 1.53. The van der Waals surface area contributed by atoms with Gasteiger partial charge >= 0.3 is 5.97 Å². The van der Waals surface area contributed by atoms with E-state index in [0.717, 1.165) is 16.7 Å². The molecule has 0 spiro atoms. The number of carboxylic acids is 1. The van der Waals surface area contributed by atoms with E-state index in [9.17, 15) is 24.3 Å². The topological polar surface area (TPSA) is 109 Å². The van der Waals surface area contributed by atoms with E-state index in [0.29, 0.717) is 22.1 Å². The fourth-order valence-electron chi connectivity index (χ4n) is 3.20. The van der Waals surface area contributed by atoms with Crippen LogP contribution in [0, 0.1) is 0 Å². The van der Waals surface area contributed by atoms with Gasteiger partial charge in [0.05, 0.1) is 21.2 Å². The van der Waals surface area contributed by atoms with E-state index in [2.05, 4.69) is 5.32 Å². The summed E-state index contributed by atoms with van der Waals surface area (Å²) in [6.07, 6.45) is 3.25. The largest absolute Gasteiger partial charge is 0.478 e. The Morgan fingerprint density at radius 2 is 1.85 bits per heavy atom. The molecule has 2 heterocycles. The van der Waals surface area contributed by atoms with Crippen molar-refractivity contribution in [3.05, 3.63) is 88.0 Å². The summed E-state index contributed by atoms with van der Waals surface area (Å²) in [7, 11) is 0. The van der Waals surface area contributed by atoms with Crippen LogP contribution >= 0.6 is 23.4 Å². The number of hydrogen-bond donors (Lipinski definition) is 2. The van der Waals surface area contributed by atoms with Gasteiger partial charge < -0.3 is 15.0 Å². The Bertz CT molecular complexity index is 1320. The zero-order valence-corrected chi connectivity index (χ0v) is 18.5. The number of carboxylic acid groups (broad SMARTS) is 1. The third kappa shape index (κ3) is 4.84. The second-order valence-electron chi connectivity index (χ2n) is 6.95. The standard InChI is InChI=1S/C23H16ClN3O5S/c24-17-8-1-2-9-18(17)25-20(28)13-27-21(29)19(33-23(27)32)12-16-7-4-10-26(16)15-6-3-5-14(11-15)22(30)31/h1-12H,13H2,(H,25,28)(H,30,31)/b19-12+. The molecule has 10 heteroatoms. The number of carbonyl (C=O) groups excluding carboxylic acids is 3. The zero-order valence-electron chi connectivity index (χ0n) is 16.9. The number of nitrogens with one attached hydrogen (secondary N) is 1. The third-order valence-electron chi connectivity index (χ3n) is 4.75. The number of thioether (sulfide) groups is 1. The fourth-order valence-corrected chi connectivity index (χ4v) is 4.21. The lowest BCUT2D eigenvalue weighted by Gasteiger charge is -2.13. The Morgan fingerprint density at radius 1 is 1.06 bits per heavy atom. The minimum absolute atomic E-state index is 0.122. The molecule has 0 atom stereocenters. The first kappa shape index (κ1) is 22.4. The van der Waals surface area contributed by atoms with Gasteiger partial charge in [0, 0.05) is 17.6 Å². The number of nitrogens with zero attached hydrogens (tertiary/aromatic N) is 2. The van der Waals surface area contributed by atoms with Crippen molar-refractivity contribution in [2.24, 2.45) is 0 Å². The summed E-state index contributed by atoms with van der Waals surface area (Å²) in [5.41, 5.74) is 1.66. The number of rotatable bonds is 6. The van der Waals surface area contributed by atoms with E-state index in [1.165, 1.54) is 18.2 Å². The maximum Gasteiger partial charge on any atom is 0.335 e. The van der Waals surface area contributed by atoms with Crippen molar-refractivity contribution in [1.82, 2.24) is 9.47 Å². The van der Waals surface area contributed by atoms with Gasteiger partial charge in [0.1, 0.15) is 6.54 Å². The summed E-state index contributed by atoms with van der Waals surface area (Å²) in [6.45, 7) is -0.450. The van der Waals surface area contributed by atoms with Crippen LogP contribution in [0.4, 0.5) is 10.5 Å². The quantitative estimate of drug-likeness (QED) is 0.502. The number of anilines is 1. The molecule has 1 saturated heterocycles. The highest BCUT2D eigenvalue weighted by molar-refractivity contribution is 8.18. The Hall–Kier alpha value is -3.82. The van der Waals surface area contributed by atoms with Gasteiger partial charge in [0.15, 0.2) is 0 Å². The molecule has 3 aromatic rings. The Kier molecular flexibility index (Phi) is 6.34. The first-order valence-corrected chi connectivity index (χ1v) is 10.8. The van der Waals surface area contributed by atoms with Gasteiger partial charge in [-0.15, -0.1) is 0 Å². The van der Waals surface area contributed by atoms with E-state index in [1.807, 2.05) is 0 Å². The summed E-state index contributed by atoms with van der Waals surface area (Å²) < 4.78 is 1.70. The smallest absolute Gasteiger partial charge is 0.335 e. The van der Waals surface area contributed by atoms with Crippen LogP contribution in [0.3, 0.4) is 0 Å². The van der Waals surface area contributed by atoms with Crippen LogP contribution in [-0.4, -0.2) is 44.1 Å². The average molecular weight is 482 g/mol. The number of benzene rings is 2. The number of imide groups is 1. The first-order chi connectivity index (χ1) is 15.8. The van der Waals surface area contributed by atoms with Gasteiger partial charge in [-0.1, -0.05) is 29.8 Å². The molecule has 2 N–H and O–H groups in total. The first-order valence-electron chi connectivity index (χ1n) is 9.64. The van der Waals surface area contributed by atoms with Crippen LogP contribution in [0.2, 0.25) is 5.02 Å². The lowest BCUT2D eigenvalue weighted by atomic mass is 10.2. The Morgan fingerprint density at radius 3 is 2.61 bits per heavy atom. The maximum atomic E-state index is 12.8. The fraction of sp³-hybridized carbons (Fsp3) is 0.0435. The predicted molar refractivity (Wildman–Crippen MR) is 125 cm³/mol. The molecule has 0 saturated carbocycles. The Labute approximate surface area is 197 Å². The number of aromatic carboxylic acids is 1. The second kappa shape index (κ2) is 9.35. The molecule has 1 aliphatic heterocycles. The zero-order chi connectivity index (χ0) is 23.5. The second-order valence-corrected chi connectivity index (χ2v) is 8.35. The molecule has 8 nitrogen and oxygen atoms in total. The molecule has 1 fully saturated rings. The molecule has 1 aliphatic rings. The van der Waals surface area contributed by atoms with Crippen molar-refractivity contribution >= 4 is 58.1 Å². The van der Waals surface area contributed by atoms with E-state index < -0.39 is 29.6 Å². The molecule has 0 radical (unpaired) electrons. The molecule has 0 aliphatic carbocycles. The van der Waals surface area contributed by atoms with Crippen molar-refractivity contribution in [3.8, 4) is 5.69 Å². The SMILES string of the molecule is O=C(CN1C(=O)S/C(=C/c2cccn2-c2cccc(C(=O)O)c2)C1=O)Nc1ccccc1Cl. The van der Waals surface area contributed by atoms with Crippen LogP contribution in [0.5, 0.6) is 0 Å². The van der Waals surface area contributed by atoms with Crippen molar-refractivity contribution in [2.75, 3.05) is 11.9 Å². The number of hydrogen-bond acceptors (Lipinski definition) is 5. The van der Waals surface area contributed by atoms with Crippen molar-refractivity contribution < 1.29 is 24.3 Å². The summed E-state index contributed by atoms with van der Waals surface area (Å²) in [6, 6.07) is 16.4. The monoisotopic (exact) mass is 481 g/mol. The van der Waals surface area contributed by atoms with Gasteiger partial charge in [0.25, 0.3) is 11.1 Å². The highest BCUT2D eigenvalue weighted by Crippen LogP contribution is 2.33. The number of amides is 3. The summed E-state index contributed by atoms with van der Waals surface area (Å²) in [5.74, 6) is -2.20. The van der Waals surface area contributed by atoms with Crippen LogP contribution < -0.4 is 5.32 Å². The van der Waals surface area contributed by atoms with E-state index >= 15 is 0 Å². The lowest BCUT2D eigenvalue weighted by Crippen LogP contribution is -2.36. The number of carbonyl (C=O) groups is 4. The summed E-state index contributed by atoms with van der Waals surface area (Å²) in [5, 5.41) is 11.6. The van der Waals surface area contributed by atoms with Gasteiger partial charge in [-0.2, -0.15) is 0 Å². The van der Waals surface area contributed by atoms with Crippen LogP contribution in [0.25, 0.3) is 11.8 Å². The molecule has 1 aromatic heterocycles. The molecule has 4 rings (SSSR count). The van der Waals surface area contributed by atoms with Crippen molar-refractivity contribution in [2.45, 2.75) is 0 Å². The number of aromatic nitrogens is 1. The van der Waals surface area contributed by atoms with E-state index in [1.54, 1.807) is 59.3 Å². The number of halogens is 1. The minimum atomic E-state index is -1.05. The lowest BCUT2D eigenvalue weighted by molar-refractivity contribution is -0.127. The van der Waals surface area contributed by atoms with Gasteiger partial charge in [-0.25, -0.2) is 4.79 Å². The van der Waals surface area contributed by atoms with Crippen molar-refractivity contribution in [3.63, 3.8) is 0 Å². The van der Waals surface area contributed by atoms with E-state index in [4.69, 9.17) is 11.6 Å². The molecule has 166 valence electrons. The van der Waals surface area contributed by atoms with Gasteiger partial charge in [0.2, 0.25) is 5.91 Å². The maximum absolute atomic E-state index is 12.8. The molecular weight excluding hydrogens is 466 g/mol. The van der Waals surface area contributed by atoms with Crippen LogP contribution in [0.15, 0.2) is 71.8 Å². The van der Waals surface area contributed by atoms with E-state index in [-0.39, 0.29) is 10.5 Å². The van der Waals surface area contributed by atoms with Gasteiger partial charge in [-0.3, -0.25) is 19.3 Å². The number of para-hydroxylation sites is 1. The molecule has 0 unspecified atom stereocenters. The molecule has 3 amide bonds. The summed E-state index contributed by atoms with van der Waals surface area (Å²) in [4.78, 5) is 49.9. The minimum Gasteiger partial charge on any atom is -0.478 e. The molecule has 0 bridgehead atoms. The normalized spacial score (nSPS) is 14.7. The van der Waals surface area contributed by atoms with Crippen LogP contribution in [-0.2, 0) is 9.59 Å². The molecule has 2 aromatic carbocycles. The van der Waals surface area contributed by atoms with Crippen molar-refractivity contribution in [1.29, 1.82) is 0 Å².